The summed E-state index contributed by atoms with van der Waals surface area (Å²) in [4.78, 5) is 24.1. The first-order chi connectivity index (χ1) is 17.1. The Morgan fingerprint density at radius 3 is 2.17 bits per heavy atom. The van der Waals surface area contributed by atoms with E-state index in [1.165, 1.54) is 18.2 Å². The van der Waals surface area contributed by atoms with Crippen molar-refractivity contribution in [1.29, 1.82) is 0 Å². The average Bonchev–Trinajstić information content (AvgIpc) is 3.18. The molecule has 0 fully saturated rings. The van der Waals surface area contributed by atoms with E-state index in [0.717, 1.165) is 5.56 Å². The number of amides is 1. The first-order valence-corrected chi connectivity index (χ1v) is 11.7. The van der Waals surface area contributed by atoms with Crippen molar-refractivity contribution in [1.82, 2.24) is 9.88 Å². The van der Waals surface area contributed by atoms with Crippen molar-refractivity contribution in [3.63, 3.8) is 0 Å². The van der Waals surface area contributed by atoms with Gasteiger partial charge in [0.1, 0.15) is 11.5 Å². The molecule has 0 aliphatic heterocycles. The van der Waals surface area contributed by atoms with E-state index in [2.05, 4.69) is 5.32 Å². The molecule has 8 heteroatoms. The molecule has 0 spiro atoms. The van der Waals surface area contributed by atoms with Crippen LogP contribution in [0.4, 0.5) is 4.39 Å². The van der Waals surface area contributed by atoms with Crippen LogP contribution < -0.4 is 5.32 Å². The highest BCUT2D eigenvalue weighted by atomic mass is 19.1. The molecule has 1 heterocycles. The predicted molar refractivity (Wildman–Crippen MR) is 137 cm³/mol. The average molecular weight is 495 g/mol. The van der Waals surface area contributed by atoms with Gasteiger partial charge in [-0.25, -0.2) is 4.39 Å². The summed E-state index contributed by atoms with van der Waals surface area (Å²) in [5.41, 5.74) is 3.85. The predicted octanol–water partition coefficient (Wildman–Crippen LogP) is 4.50. The monoisotopic (exact) mass is 494 g/mol. The summed E-state index contributed by atoms with van der Waals surface area (Å²) in [6, 6.07) is 15.2. The van der Waals surface area contributed by atoms with Crippen LogP contribution in [0.5, 0.6) is 0 Å². The second kappa shape index (κ2) is 11.8. The first-order valence-electron chi connectivity index (χ1n) is 11.7. The summed E-state index contributed by atoms with van der Waals surface area (Å²) < 4.78 is 15.7. The molecular weight excluding hydrogens is 463 g/mol. The van der Waals surface area contributed by atoms with Crippen molar-refractivity contribution in [2.75, 3.05) is 7.05 Å². The third-order valence-electron chi connectivity index (χ3n) is 5.80. The summed E-state index contributed by atoms with van der Waals surface area (Å²) >= 11 is 0. The number of carbonyl (C=O) groups excluding carboxylic acids is 1. The summed E-state index contributed by atoms with van der Waals surface area (Å²) in [6.07, 6.45) is 0.152. The van der Waals surface area contributed by atoms with Crippen molar-refractivity contribution in [2.45, 2.75) is 44.9 Å². The third-order valence-corrected chi connectivity index (χ3v) is 5.80. The van der Waals surface area contributed by atoms with E-state index in [9.17, 15) is 24.2 Å². The zero-order chi connectivity index (χ0) is 26.4. The van der Waals surface area contributed by atoms with E-state index in [4.69, 9.17) is 5.11 Å². The highest BCUT2D eigenvalue weighted by Gasteiger charge is 2.29. The molecule has 0 aliphatic carbocycles. The Hall–Kier alpha value is -3.75. The fraction of sp³-hybridized carbons (Fsp3) is 0.286. The van der Waals surface area contributed by atoms with Gasteiger partial charge in [-0.3, -0.25) is 9.59 Å². The van der Waals surface area contributed by atoms with Crippen LogP contribution in [0.2, 0.25) is 0 Å². The number of hydrogen-bond acceptors (Lipinski definition) is 4. The largest absolute Gasteiger partial charge is 0.481 e. The highest BCUT2D eigenvalue weighted by Crippen LogP contribution is 2.42. The molecule has 190 valence electrons. The van der Waals surface area contributed by atoms with Gasteiger partial charge in [0.05, 0.1) is 18.6 Å². The lowest BCUT2D eigenvalue weighted by molar-refractivity contribution is -0.139. The topological polar surface area (TPSA) is 112 Å². The van der Waals surface area contributed by atoms with Crippen molar-refractivity contribution in [3.05, 3.63) is 77.9 Å². The van der Waals surface area contributed by atoms with Crippen LogP contribution in [0.15, 0.2) is 60.7 Å². The lowest BCUT2D eigenvalue weighted by atomic mass is 9.94. The molecule has 3 rings (SSSR count). The van der Waals surface area contributed by atoms with Crippen molar-refractivity contribution in [2.24, 2.45) is 0 Å². The van der Waals surface area contributed by atoms with Gasteiger partial charge in [-0.05, 0) is 43.2 Å². The number of carboxylic acid groups (broad SMARTS) is 1. The van der Waals surface area contributed by atoms with Crippen molar-refractivity contribution >= 4 is 18.0 Å². The van der Waals surface area contributed by atoms with Gasteiger partial charge in [0, 0.05) is 36.3 Å². The van der Waals surface area contributed by atoms with Gasteiger partial charge in [-0.2, -0.15) is 0 Å². The molecule has 2 aromatic carbocycles. The van der Waals surface area contributed by atoms with Crippen molar-refractivity contribution in [3.8, 4) is 22.3 Å². The van der Waals surface area contributed by atoms with Gasteiger partial charge in [-0.1, -0.05) is 48.5 Å². The normalized spacial score (nSPS) is 13.2. The van der Waals surface area contributed by atoms with Crippen LogP contribution >= 0.6 is 0 Å². The number of carbonyl (C=O) groups is 2. The van der Waals surface area contributed by atoms with Crippen LogP contribution in [0.3, 0.4) is 0 Å². The number of rotatable bonds is 10. The minimum absolute atomic E-state index is 0.162. The van der Waals surface area contributed by atoms with E-state index in [-0.39, 0.29) is 18.4 Å². The Morgan fingerprint density at radius 1 is 1.00 bits per heavy atom. The summed E-state index contributed by atoms with van der Waals surface area (Å²) in [7, 11) is 1.55. The summed E-state index contributed by atoms with van der Waals surface area (Å²) in [6.45, 7) is 3.86. The second-order valence-electron chi connectivity index (χ2n) is 8.81. The summed E-state index contributed by atoms with van der Waals surface area (Å²) in [5, 5.41) is 32.0. The molecule has 0 saturated carbocycles. The molecule has 1 aromatic heterocycles. The molecule has 0 bridgehead atoms. The van der Waals surface area contributed by atoms with E-state index in [0.29, 0.717) is 28.1 Å². The number of halogens is 1. The van der Waals surface area contributed by atoms with E-state index in [1.807, 2.05) is 48.7 Å². The lowest BCUT2D eigenvalue weighted by Crippen LogP contribution is -2.23. The van der Waals surface area contributed by atoms with Gasteiger partial charge in [0.25, 0.3) is 5.91 Å². The molecule has 3 aromatic rings. The Morgan fingerprint density at radius 2 is 1.61 bits per heavy atom. The van der Waals surface area contributed by atoms with Gasteiger partial charge in [-0.15, -0.1) is 0 Å². The highest BCUT2D eigenvalue weighted by molar-refractivity contribution is 6.06. The molecule has 36 heavy (non-hydrogen) atoms. The van der Waals surface area contributed by atoms with Gasteiger partial charge < -0.3 is 25.2 Å². The van der Waals surface area contributed by atoms with Crippen LogP contribution in [-0.4, -0.2) is 51.0 Å². The smallest absolute Gasteiger partial charge is 0.305 e. The number of nitrogens with one attached hydrogen (secondary N) is 1. The fourth-order valence-corrected chi connectivity index (χ4v) is 4.29. The maximum Gasteiger partial charge on any atom is 0.305 e. The van der Waals surface area contributed by atoms with Crippen molar-refractivity contribution < 1.29 is 29.3 Å². The van der Waals surface area contributed by atoms with E-state index < -0.39 is 30.4 Å². The lowest BCUT2D eigenvalue weighted by Gasteiger charge is -2.16. The first kappa shape index (κ1) is 26.8. The van der Waals surface area contributed by atoms with Gasteiger partial charge in [0.15, 0.2) is 0 Å². The summed E-state index contributed by atoms with van der Waals surface area (Å²) in [5.74, 6) is -1.86. The quantitative estimate of drug-likeness (QED) is 0.332. The maximum absolute atomic E-state index is 13.8. The minimum atomic E-state index is -1.21. The minimum Gasteiger partial charge on any atom is -0.481 e. The Kier molecular flexibility index (Phi) is 8.79. The standard InChI is InChI=1S/C28H31FN2O5/c1-17(2)31-23(14-13-21(32)15-22(33)16-24(34)35)25(19-9-11-20(29)12-10-19)26(27(31)28(36)30-3)18-7-5-4-6-8-18/h4-14,17,21-22,32-33H,15-16H2,1-3H3,(H,30,36)(H,34,35). The Labute approximate surface area is 209 Å². The number of benzene rings is 2. The molecule has 0 aliphatic rings. The number of nitrogens with zero attached hydrogens (tertiary/aromatic N) is 1. The Balaban J connectivity index is 2.28. The molecule has 0 radical (unpaired) electrons. The third kappa shape index (κ3) is 6.08. The fourth-order valence-electron chi connectivity index (χ4n) is 4.29. The molecule has 0 saturated heterocycles. The molecular formula is C28H31FN2O5. The number of aliphatic hydroxyl groups is 2. The molecule has 2 atom stereocenters. The van der Waals surface area contributed by atoms with Crippen LogP contribution in [0.1, 0.15) is 48.9 Å². The Bertz CT molecular complexity index is 1230. The molecule has 4 N–H and O–H groups in total. The number of aliphatic hydroxyl groups excluding tert-OH is 2. The zero-order valence-corrected chi connectivity index (χ0v) is 20.5. The molecule has 7 nitrogen and oxygen atoms in total. The van der Waals surface area contributed by atoms with Gasteiger partial charge in [0.2, 0.25) is 0 Å². The molecule has 1 amide bonds. The zero-order valence-electron chi connectivity index (χ0n) is 20.5. The second-order valence-corrected chi connectivity index (χ2v) is 8.81. The number of aromatic nitrogens is 1. The van der Waals surface area contributed by atoms with Crippen LogP contribution in [0.25, 0.3) is 28.3 Å². The van der Waals surface area contributed by atoms with E-state index in [1.54, 1.807) is 25.3 Å². The molecule has 2 unspecified atom stereocenters. The van der Waals surface area contributed by atoms with Gasteiger partial charge >= 0.3 is 5.97 Å². The van der Waals surface area contributed by atoms with E-state index >= 15 is 0 Å². The SMILES string of the molecule is CNC(=O)c1c(-c2ccccc2)c(-c2ccc(F)cc2)c(C=CC(O)CC(O)CC(=O)O)n1C(C)C. The van der Waals surface area contributed by atoms with Crippen LogP contribution in [0, 0.1) is 5.82 Å². The van der Waals surface area contributed by atoms with Crippen LogP contribution in [-0.2, 0) is 4.79 Å². The number of hydrogen-bond donors (Lipinski definition) is 4. The number of aliphatic carboxylic acids is 1. The number of carboxylic acids is 1. The maximum atomic E-state index is 13.8.